The Kier molecular flexibility index (Phi) is 4.71. The summed E-state index contributed by atoms with van der Waals surface area (Å²) in [6.45, 7) is 6.80. The highest BCUT2D eigenvalue weighted by molar-refractivity contribution is 4.83. The van der Waals surface area contributed by atoms with Gasteiger partial charge in [0, 0.05) is 7.05 Å². The summed E-state index contributed by atoms with van der Waals surface area (Å²) >= 11 is 0. The summed E-state index contributed by atoms with van der Waals surface area (Å²) in [5, 5.41) is 11.2. The van der Waals surface area contributed by atoms with E-state index in [-0.39, 0.29) is 0 Å². The maximum Gasteiger partial charge on any atom is 0.146 e. The Morgan fingerprint density at radius 1 is 1.53 bits per heavy atom. The first-order valence-electron chi connectivity index (χ1n) is 5.38. The van der Waals surface area contributed by atoms with Crippen LogP contribution in [-0.2, 0) is 13.6 Å². The molecule has 5 heteroatoms. The monoisotopic (exact) mass is 211 g/mol. The zero-order chi connectivity index (χ0) is 11.3. The molecule has 1 aromatic heterocycles. The minimum absolute atomic E-state index is 0.526. The molecule has 15 heavy (non-hydrogen) atoms. The van der Waals surface area contributed by atoms with E-state index >= 15 is 0 Å². The highest BCUT2D eigenvalue weighted by atomic mass is 15.3. The third-order valence-corrected chi connectivity index (χ3v) is 2.74. The third-order valence-electron chi connectivity index (χ3n) is 2.74. The molecule has 1 rings (SSSR count). The number of nitrogens with zero attached hydrogens (tertiary/aromatic N) is 3. The number of rotatable bonds is 6. The van der Waals surface area contributed by atoms with Gasteiger partial charge in [-0.25, -0.2) is 0 Å². The van der Waals surface area contributed by atoms with Gasteiger partial charge in [-0.15, -0.1) is 10.2 Å². The fourth-order valence-corrected chi connectivity index (χ4v) is 1.43. The van der Waals surface area contributed by atoms with Gasteiger partial charge in [0.25, 0.3) is 0 Å². The van der Waals surface area contributed by atoms with Crippen LogP contribution in [0.4, 0.5) is 0 Å². The molecule has 3 N–H and O–H groups in total. The Morgan fingerprint density at radius 3 is 2.73 bits per heavy atom. The van der Waals surface area contributed by atoms with Crippen molar-refractivity contribution >= 4 is 0 Å². The summed E-state index contributed by atoms with van der Waals surface area (Å²) in [7, 11) is 1.94. The molecule has 86 valence electrons. The summed E-state index contributed by atoms with van der Waals surface area (Å²) in [5.74, 6) is 2.09. The lowest BCUT2D eigenvalue weighted by atomic mass is 9.96. The number of aryl methyl sites for hydroxylation is 1. The highest BCUT2D eigenvalue weighted by Crippen LogP contribution is 2.07. The summed E-state index contributed by atoms with van der Waals surface area (Å²) in [6.07, 6.45) is 1.71. The van der Waals surface area contributed by atoms with Crippen LogP contribution in [0.15, 0.2) is 6.33 Å². The van der Waals surface area contributed by atoms with E-state index in [9.17, 15) is 0 Å². The maximum absolute atomic E-state index is 5.69. The molecule has 0 amide bonds. The molecular formula is C10H21N5. The molecule has 0 aliphatic carbocycles. The lowest BCUT2D eigenvalue weighted by Crippen LogP contribution is -2.31. The van der Waals surface area contributed by atoms with Crippen LogP contribution in [0.25, 0.3) is 0 Å². The van der Waals surface area contributed by atoms with Crippen LogP contribution in [0.3, 0.4) is 0 Å². The van der Waals surface area contributed by atoms with Gasteiger partial charge in [-0.1, -0.05) is 13.8 Å². The molecule has 5 nitrogen and oxygen atoms in total. The van der Waals surface area contributed by atoms with Crippen LogP contribution in [0, 0.1) is 11.8 Å². The Balaban J connectivity index is 2.29. The summed E-state index contributed by atoms with van der Waals surface area (Å²) in [6, 6.07) is 0. The minimum atomic E-state index is 0.526. The SMILES string of the molecule is CC(C)C(CN)CNCc1nncn1C. The molecule has 1 atom stereocenters. The Labute approximate surface area is 91.1 Å². The lowest BCUT2D eigenvalue weighted by molar-refractivity contribution is 0.368. The number of nitrogens with two attached hydrogens (primary N) is 1. The number of nitrogens with one attached hydrogen (secondary N) is 1. The second kappa shape index (κ2) is 5.82. The van der Waals surface area contributed by atoms with Crippen LogP contribution >= 0.6 is 0 Å². The fourth-order valence-electron chi connectivity index (χ4n) is 1.43. The van der Waals surface area contributed by atoms with Gasteiger partial charge in [0.05, 0.1) is 6.54 Å². The predicted molar refractivity (Wildman–Crippen MR) is 60.1 cm³/mol. The Hall–Kier alpha value is -0.940. The number of hydrogen-bond acceptors (Lipinski definition) is 4. The van der Waals surface area contributed by atoms with Gasteiger partial charge in [-0.3, -0.25) is 0 Å². The van der Waals surface area contributed by atoms with Crippen molar-refractivity contribution in [3.63, 3.8) is 0 Å². The van der Waals surface area contributed by atoms with Crippen LogP contribution in [0.2, 0.25) is 0 Å². The second-order valence-electron chi connectivity index (χ2n) is 4.23. The average molecular weight is 211 g/mol. The Bertz CT molecular complexity index is 281. The van der Waals surface area contributed by atoms with Gasteiger partial charge >= 0.3 is 0 Å². The summed E-state index contributed by atoms with van der Waals surface area (Å²) in [5.41, 5.74) is 5.69. The zero-order valence-corrected chi connectivity index (χ0v) is 9.77. The molecule has 0 saturated heterocycles. The van der Waals surface area contributed by atoms with E-state index in [0.717, 1.165) is 25.5 Å². The van der Waals surface area contributed by atoms with Crippen molar-refractivity contribution in [2.45, 2.75) is 20.4 Å². The molecule has 0 aromatic carbocycles. The van der Waals surface area contributed by atoms with Crippen molar-refractivity contribution in [3.05, 3.63) is 12.2 Å². The smallest absolute Gasteiger partial charge is 0.146 e. The molecule has 0 aliphatic heterocycles. The number of hydrogen-bond donors (Lipinski definition) is 2. The van der Waals surface area contributed by atoms with Crippen molar-refractivity contribution in [2.24, 2.45) is 24.6 Å². The van der Waals surface area contributed by atoms with Crippen molar-refractivity contribution in [3.8, 4) is 0 Å². The van der Waals surface area contributed by atoms with Gasteiger partial charge in [0.1, 0.15) is 12.2 Å². The summed E-state index contributed by atoms with van der Waals surface area (Å²) in [4.78, 5) is 0. The second-order valence-corrected chi connectivity index (χ2v) is 4.23. The van der Waals surface area contributed by atoms with Gasteiger partial charge in [-0.2, -0.15) is 0 Å². The average Bonchev–Trinajstić information content (AvgIpc) is 2.58. The van der Waals surface area contributed by atoms with Crippen molar-refractivity contribution in [1.29, 1.82) is 0 Å². The first-order chi connectivity index (χ1) is 7.15. The molecule has 0 radical (unpaired) electrons. The zero-order valence-electron chi connectivity index (χ0n) is 9.77. The molecule has 0 aliphatic rings. The lowest BCUT2D eigenvalue weighted by Gasteiger charge is -2.18. The first kappa shape index (κ1) is 12.1. The van der Waals surface area contributed by atoms with Crippen LogP contribution < -0.4 is 11.1 Å². The van der Waals surface area contributed by atoms with E-state index in [1.54, 1.807) is 6.33 Å². The standard InChI is InChI=1S/C10H21N5/c1-8(2)9(4-11)5-12-6-10-14-13-7-15(10)3/h7-9,12H,4-6,11H2,1-3H3. The maximum atomic E-state index is 5.69. The van der Waals surface area contributed by atoms with E-state index < -0.39 is 0 Å². The molecule has 1 unspecified atom stereocenters. The third kappa shape index (κ3) is 3.60. The van der Waals surface area contributed by atoms with Crippen molar-refractivity contribution < 1.29 is 0 Å². The first-order valence-corrected chi connectivity index (χ1v) is 5.38. The fraction of sp³-hybridized carbons (Fsp3) is 0.800. The highest BCUT2D eigenvalue weighted by Gasteiger charge is 2.10. The molecule has 0 spiro atoms. The van der Waals surface area contributed by atoms with E-state index in [0.29, 0.717) is 11.8 Å². The van der Waals surface area contributed by atoms with Gasteiger partial charge in [-0.05, 0) is 24.9 Å². The predicted octanol–water partition coefficient (Wildman–Crippen LogP) is 0.136. The minimum Gasteiger partial charge on any atom is -0.330 e. The van der Waals surface area contributed by atoms with E-state index in [1.807, 2.05) is 11.6 Å². The molecule has 0 fully saturated rings. The van der Waals surface area contributed by atoms with Crippen molar-refractivity contribution in [1.82, 2.24) is 20.1 Å². The quantitative estimate of drug-likeness (QED) is 0.702. The topological polar surface area (TPSA) is 68.8 Å². The summed E-state index contributed by atoms with van der Waals surface area (Å²) < 4.78 is 1.92. The van der Waals surface area contributed by atoms with E-state index in [2.05, 4.69) is 29.4 Å². The van der Waals surface area contributed by atoms with Crippen LogP contribution in [0.1, 0.15) is 19.7 Å². The largest absolute Gasteiger partial charge is 0.330 e. The molecule has 0 saturated carbocycles. The number of aromatic nitrogens is 3. The van der Waals surface area contributed by atoms with Crippen molar-refractivity contribution in [2.75, 3.05) is 13.1 Å². The van der Waals surface area contributed by atoms with Crippen LogP contribution in [-0.4, -0.2) is 27.9 Å². The molecular weight excluding hydrogens is 190 g/mol. The molecule has 1 aromatic rings. The van der Waals surface area contributed by atoms with E-state index in [4.69, 9.17) is 5.73 Å². The van der Waals surface area contributed by atoms with Crippen LogP contribution in [0.5, 0.6) is 0 Å². The molecule has 1 heterocycles. The van der Waals surface area contributed by atoms with Gasteiger partial charge < -0.3 is 15.6 Å². The van der Waals surface area contributed by atoms with E-state index in [1.165, 1.54) is 0 Å². The Morgan fingerprint density at radius 2 is 2.27 bits per heavy atom. The van der Waals surface area contributed by atoms with Gasteiger partial charge in [0.2, 0.25) is 0 Å². The van der Waals surface area contributed by atoms with Gasteiger partial charge in [0.15, 0.2) is 0 Å². The normalized spacial score (nSPS) is 13.4. The molecule has 0 bridgehead atoms.